The number of nitrogens with zero attached hydrogens (tertiary/aromatic N) is 2. The van der Waals surface area contributed by atoms with Crippen molar-refractivity contribution in [2.75, 3.05) is 27.4 Å². The largest absolute Gasteiger partial charge is 0.384 e. The maximum atomic E-state index is 4.90. The van der Waals surface area contributed by atoms with Crippen molar-refractivity contribution in [2.45, 2.75) is 6.42 Å². The van der Waals surface area contributed by atoms with Gasteiger partial charge in [0, 0.05) is 20.6 Å². The molecule has 0 atom stereocenters. The zero-order chi connectivity index (χ0) is 7.40. The summed E-state index contributed by atoms with van der Waals surface area (Å²) in [5.74, 6) is 1.02. The van der Waals surface area contributed by atoms with E-state index in [4.69, 9.17) is 4.74 Å². The molecule has 0 spiro atoms. The third-order valence-corrected chi connectivity index (χ3v) is 1.35. The van der Waals surface area contributed by atoms with Crippen molar-refractivity contribution in [2.24, 2.45) is 5.10 Å². The fourth-order valence-electron chi connectivity index (χ4n) is 0.820. The Kier molecular flexibility index (Phi) is 2.50. The first-order chi connectivity index (χ1) is 4.83. The van der Waals surface area contributed by atoms with Crippen LogP contribution in [0.2, 0.25) is 0 Å². The van der Waals surface area contributed by atoms with Crippen molar-refractivity contribution in [3.63, 3.8) is 0 Å². The van der Waals surface area contributed by atoms with Crippen LogP contribution in [0.3, 0.4) is 0 Å². The van der Waals surface area contributed by atoms with E-state index in [2.05, 4.69) is 10.4 Å². The molecule has 0 saturated carbocycles. The molecule has 10 heavy (non-hydrogen) atoms. The van der Waals surface area contributed by atoms with Gasteiger partial charge < -0.3 is 10.1 Å². The molecule has 58 valence electrons. The van der Waals surface area contributed by atoms with Crippen LogP contribution in [-0.2, 0) is 4.74 Å². The van der Waals surface area contributed by atoms with E-state index in [9.17, 15) is 0 Å². The van der Waals surface area contributed by atoms with Crippen molar-refractivity contribution >= 4 is 5.84 Å². The van der Waals surface area contributed by atoms with Crippen LogP contribution in [0.5, 0.6) is 0 Å². The number of hydrogen-bond acceptors (Lipinski definition) is 4. The first kappa shape index (κ1) is 7.34. The number of hydrogen-bond donors (Lipinski definition) is 1. The van der Waals surface area contributed by atoms with Gasteiger partial charge in [-0.25, -0.2) is 0 Å². The minimum atomic E-state index is 0.736. The van der Waals surface area contributed by atoms with Gasteiger partial charge in [-0.15, -0.1) is 0 Å². The summed E-state index contributed by atoms with van der Waals surface area (Å²) >= 11 is 0. The number of ether oxygens (including phenoxy) is 1. The Balaban J connectivity index is 2.22. The monoisotopic (exact) mass is 143 g/mol. The summed E-state index contributed by atoms with van der Waals surface area (Å²) in [7, 11) is 3.63. The lowest BCUT2D eigenvalue weighted by Crippen LogP contribution is -2.22. The van der Waals surface area contributed by atoms with Crippen molar-refractivity contribution in [1.29, 1.82) is 0 Å². The Morgan fingerprint density at radius 3 is 3.10 bits per heavy atom. The number of nitrogens with one attached hydrogen (secondary N) is 1. The number of hydrazone groups is 1. The topological polar surface area (TPSA) is 36.9 Å². The van der Waals surface area contributed by atoms with Crippen LogP contribution in [0.15, 0.2) is 5.10 Å². The molecule has 0 bridgehead atoms. The Morgan fingerprint density at radius 1 is 1.80 bits per heavy atom. The number of methoxy groups -OCH3 is 1. The third-order valence-electron chi connectivity index (χ3n) is 1.35. The fourth-order valence-corrected chi connectivity index (χ4v) is 0.820. The van der Waals surface area contributed by atoms with Crippen molar-refractivity contribution in [3.05, 3.63) is 0 Å². The van der Waals surface area contributed by atoms with E-state index < -0.39 is 0 Å². The molecule has 0 aliphatic carbocycles. The van der Waals surface area contributed by atoms with Crippen molar-refractivity contribution in [1.82, 2.24) is 10.3 Å². The highest BCUT2D eigenvalue weighted by molar-refractivity contribution is 5.82. The number of amidine groups is 1. The van der Waals surface area contributed by atoms with Gasteiger partial charge in [-0.1, -0.05) is 0 Å². The average molecular weight is 143 g/mol. The predicted octanol–water partition coefficient (Wildman–Crippen LogP) is -0.171. The van der Waals surface area contributed by atoms with Crippen LogP contribution in [-0.4, -0.2) is 38.3 Å². The number of rotatable bonds is 3. The highest BCUT2D eigenvalue weighted by Gasteiger charge is 2.07. The lowest BCUT2D eigenvalue weighted by molar-refractivity contribution is 0.207. The lowest BCUT2D eigenvalue weighted by Gasteiger charge is -1.99. The van der Waals surface area contributed by atoms with Crippen LogP contribution < -0.4 is 5.32 Å². The summed E-state index contributed by atoms with van der Waals surface area (Å²) in [6, 6.07) is 0. The summed E-state index contributed by atoms with van der Waals surface area (Å²) in [6.45, 7) is 1.55. The van der Waals surface area contributed by atoms with Crippen LogP contribution in [0.25, 0.3) is 0 Å². The molecular weight excluding hydrogens is 130 g/mol. The average Bonchev–Trinajstić information content (AvgIpc) is 2.31. The second-order valence-corrected chi connectivity index (χ2v) is 2.28. The van der Waals surface area contributed by atoms with Gasteiger partial charge in [-0.05, 0) is 0 Å². The molecule has 1 rings (SSSR count). The zero-order valence-corrected chi connectivity index (χ0v) is 6.42. The summed E-state index contributed by atoms with van der Waals surface area (Å²) in [4.78, 5) is 0. The Morgan fingerprint density at radius 2 is 2.60 bits per heavy atom. The molecule has 1 heterocycles. The Labute approximate surface area is 60.8 Å². The molecule has 0 unspecified atom stereocenters. The molecule has 0 aromatic heterocycles. The molecule has 0 saturated heterocycles. The predicted molar refractivity (Wildman–Crippen MR) is 39.7 cm³/mol. The van der Waals surface area contributed by atoms with E-state index in [1.54, 1.807) is 7.11 Å². The summed E-state index contributed by atoms with van der Waals surface area (Å²) in [5.41, 5.74) is 0. The van der Waals surface area contributed by atoms with Gasteiger partial charge in [0.1, 0.15) is 12.5 Å². The van der Waals surface area contributed by atoms with Gasteiger partial charge in [-0.2, -0.15) is 5.10 Å². The maximum Gasteiger partial charge on any atom is 0.126 e. The third kappa shape index (κ3) is 1.88. The first-order valence-electron chi connectivity index (χ1n) is 3.34. The van der Waals surface area contributed by atoms with E-state index in [-0.39, 0.29) is 0 Å². The SMILES string of the molecule is COCCC1=NN(C)CN1. The molecule has 1 N–H and O–H groups in total. The van der Waals surface area contributed by atoms with Gasteiger partial charge in [0.15, 0.2) is 0 Å². The highest BCUT2D eigenvalue weighted by atomic mass is 16.5. The minimum absolute atomic E-state index is 0.736. The summed E-state index contributed by atoms with van der Waals surface area (Å²) in [6.07, 6.45) is 0.876. The van der Waals surface area contributed by atoms with E-state index in [0.717, 1.165) is 25.5 Å². The van der Waals surface area contributed by atoms with E-state index in [1.165, 1.54) is 0 Å². The van der Waals surface area contributed by atoms with Gasteiger partial charge in [0.2, 0.25) is 0 Å². The van der Waals surface area contributed by atoms with Crippen LogP contribution in [0.1, 0.15) is 6.42 Å². The molecule has 4 nitrogen and oxygen atoms in total. The highest BCUT2D eigenvalue weighted by Crippen LogP contribution is 1.94. The van der Waals surface area contributed by atoms with Gasteiger partial charge in [-0.3, -0.25) is 5.01 Å². The van der Waals surface area contributed by atoms with Crippen LogP contribution >= 0.6 is 0 Å². The molecule has 4 heteroatoms. The fraction of sp³-hybridized carbons (Fsp3) is 0.833. The molecular formula is C6H13N3O. The summed E-state index contributed by atoms with van der Waals surface area (Å²) < 4.78 is 4.90. The second-order valence-electron chi connectivity index (χ2n) is 2.28. The van der Waals surface area contributed by atoms with Gasteiger partial charge in [0.05, 0.1) is 6.61 Å². The minimum Gasteiger partial charge on any atom is -0.384 e. The van der Waals surface area contributed by atoms with Gasteiger partial charge in [0.25, 0.3) is 0 Å². The molecule has 0 radical (unpaired) electrons. The molecule has 1 aliphatic heterocycles. The zero-order valence-electron chi connectivity index (χ0n) is 6.42. The van der Waals surface area contributed by atoms with Gasteiger partial charge >= 0.3 is 0 Å². The van der Waals surface area contributed by atoms with Crippen LogP contribution in [0.4, 0.5) is 0 Å². The quantitative estimate of drug-likeness (QED) is 0.596. The molecule has 0 aromatic rings. The normalized spacial score (nSPS) is 17.0. The van der Waals surface area contributed by atoms with E-state index in [0.29, 0.717) is 0 Å². The molecule has 1 aliphatic rings. The van der Waals surface area contributed by atoms with E-state index >= 15 is 0 Å². The molecule has 0 aromatic carbocycles. The Bertz CT molecular complexity index is 135. The first-order valence-corrected chi connectivity index (χ1v) is 3.34. The summed E-state index contributed by atoms with van der Waals surface area (Å²) in [5, 5.41) is 9.19. The van der Waals surface area contributed by atoms with Crippen LogP contribution in [0, 0.1) is 0 Å². The van der Waals surface area contributed by atoms with E-state index in [1.807, 2.05) is 12.1 Å². The maximum absolute atomic E-state index is 4.90. The standard InChI is InChI=1S/C6H13N3O/c1-9-5-7-6(8-9)3-4-10-2/h3-5H2,1-2H3,(H,7,8). The smallest absolute Gasteiger partial charge is 0.126 e. The van der Waals surface area contributed by atoms with Crippen molar-refractivity contribution in [3.8, 4) is 0 Å². The second kappa shape index (κ2) is 3.41. The lowest BCUT2D eigenvalue weighted by atomic mass is 10.4. The molecule has 0 amide bonds. The molecule has 0 fully saturated rings. The Hall–Kier alpha value is -0.770. The van der Waals surface area contributed by atoms with Crippen molar-refractivity contribution < 1.29 is 4.74 Å².